The molecule has 0 aliphatic heterocycles. The number of nitrogens with one attached hydrogen (secondary N) is 1. The molecule has 0 aliphatic carbocycles. The zero-order valence-corrected chi connectivity index (χ0v) is 15.7. The van der Waals surface area contributed by atoms with Gasteiger partial charge >= 0.3 is 11.9 Å². The van der Waals surface area contributed by atoms with E-state index < -0.39 is 11.6 Å². The van der Waals surface area contributed by atoms with Crippen molar-refractivity contribution >= 4 is 11.9 Å². The normalized spacial score (nSPS) is 13.1. The van der Waals surface area contributed by atoms with Crippen molar-refractivity contribution in [3.05, 3.63) is 41.9 Å². The Morgan fingerprint density at radius 2 is 2.00 bits per heavy atom. The molecule has 0 aliphatic rings. The van der Waals surface area contributed by atoms with E-state index in [1.165, 1.54) is 6.08 Å². The zero-order valence-electron chi connectivity index (χ0n) is 15.7. The Bertz CT molecular complexity index is 591. The first-order chi connectivity index (χ1) is 11.7. The van der Waals surface area contributed by atoms with Gasteiger partial charge in [-0.15, -0.1) is 0 Å². The fourth-order valence-electron chi connectivity index (χ4n) is 2.14. The standard InChI is InChI=1S/C19H28N2O4/c1-6-14(12-18(23)25-19(3,4)5)21-16(13-17(22)24-7-2)15-10-8-9-11-20-15/h8-12,16,21H,6-7,13H2,1-5H3/b14-12+. The number of hydrogen-bond donors (Lipinski definition) is 1. The van der Waals surface area contributed by atoms with Crippen LogP contribution >= 0.6 is 0 Å². The Labute approximate surface area is 149 Å². The van der Waals surface area contributed by atoms with Crippen LogP contribution < -0.4 is 5.32 Å². The lowest BCUT2D eigenvalue weighted by molar-refractivity contribution is -0.148. The van der Waals surface area contributed by atoms with Gasteiger partial charge in [-0.2, -0.15) is 0 Å². The topological polar surface area (TPSA) is 77.5 Å². The van der Waals surface area contributed by atoms with Crippen molar-refractivity contribution in [1.29, 1.82) is 0 Å². The summed E-state index contributed by atoms with van der Waals surface area (Å²) in [5.74, 6) is -0.744. The number of rotatable bonds is 8. The number of allylic oxidation sites excluding steroid dienone is 1. The Morgan fingerprint density at radius 3 is 2.52 bits per heavy atom. The summed E-state index contributed by atoms with van der Waals surface area (Å²) in [7, 11) is 0. The molecule has 0 aromatic carbocycles. The van der Waals surface area contributed by atoms with Crippen molar-refractivity contribution < 1.29 is 19.1 Å². The maximum absolute atomic E-state index is 12.0. The first-order valence-corrected chi connectivity index (χ1v) is 8.51. The second-order valence-electron chi connectivity index (χ2n) is 6.52. The quantitative estimate of drug-likeness (QED) is 0.574. The van der Waals surface area contributed by atoms with E-state index in [4.69, 9.17) is 9.47 Å². The average Bonchev–Trinajstić information content (AvgIpc) is 2.52. The number of pyridine rings is 1. The van der Waals surface area contributed by atoms with Gasteiger partial charge in [-0.1, -0.05) is 13.0 Å². The second-order valence-corrected chi connectivity index (χ2v) is 6.52. The Hall–Kier alpha value is -2.37. The molecule has 1 heterocycles. The maximum Gasteiger partial charge on any atom is 0.333 e. The van der Waals surface area contributed by atoms with Crippen LogP contribution in [-0.4, -0.2) is 29.1 Å². The van der Waals surface area contributed by atoms with Crippen LogP contribution in [0.4, 0.5) is 0 Å². The summed E-state index contributed by atoms with van der Waals surface area (Å²) in [5, 5.41) is 3.22. The third kappa shape index (κ3) is 8.33. The Kier molecular flexibility index (Phi) is 8.11. The van der Waals surface area contributed by atoms with E-state index in [-0.39, 0.29) is 18.4 Å². The fraction of sp³-hybridized carbons (Fsp3) is 0.526. The van der Waals surface area contributed by atoms with Crippen LogP contribution in [0.5, 0.6) is 0 Å². The van der Waals surface area contributed by atoms with Gasteiger partial charge in [-0.3, -0.25) is 9.78 Å². The van der Waals surface area contributed by atoms with Gasteiger partial charge < -0.3 is 14.8 Å². The van der Waals surface area contributed by atoms with Crippen LogP contribution in [0.2, 0.25) is 0 Å². The van der Waals surface area contributed by atoms with Gasteiger partial charge in [-0.05, 0) is 46.2 Å². The van der Waals surface area contributed by atoms with Crippen LogP contribution in [0.3, 0.4) is 0 Å². The third-order valence-electron chi connectivity index (χ3n) is 3.16. The van der Waals surface area contributed by atoms with Crippen LogP contribution in [0.15, 0.2) is 36.2 Å². The number of esters is 2. The molecular weight excluding hydrogens is 320 g/mol. The summed E-state index contributed by atoms with van der Waals surface area (Å²) in [6, 6.07) is 5.11. The van der Waals surface area contributed by atoms with Crippen molar-refractivity contribution in [2.24, 2.45) is 0 Å². The van der Waals surface area contributed by atoms with Gasteiger partial charge in [0.2, 0.25) is 0 Å². The molecule has 0 spiro atoms. The SMILES string of the molecule is CCOC(=O)CC(N/C(=C/C(=O)OC(C)(C)C)CC)c1ccccn1. The van der Waals surface area contributed by atoms with Gasteiger partial charge in [0.05, 0.1) is 24.8 Å². The minimum atomic E-state index is -0.558. The lowest BCUT2D eigenvalue weighted by atomic mass is 10.1. The monoisotopic (exact) mass is 348 g/mol. The molecule has 1 unspecified atom stereocenters. The second kappa shape index (κ2) is 9.81. The molecule has 0 radical (unpaired) electrons. The molecule has 0 bridgehead atoms. The largest absolute Gasteiger partial charge is 0.466 e. The average molecular weight is 348 g/mol. The van der Waals surface area contributed by atoms with E-state index in [0.29, 0.717) is 24.4 Å². The van der Waals surface area contributed by atoms with Crippen molar-refractivity contribution in [2.45, 2.75) is 59.1 Å². The van der Waals surface area contributed by atoms with Gasteiger partial charge in [0.1, 0.15) is 5.60 Å². The van der Waals surface area contributed by atoms with E-state index >= 15 is 0 Å². The summed E-state index contributed by atoms with van der Waals surface area (Å²) in [4.78, 5) is 28.2. The lowest BCUT2D eigenvalue weighted by Gasteiger charge is -2.21. The highest BCUT2D eigenvalue weighted by Crippen LogP contribution is 2.18. The molecule has 0 saturated carbocycles. The number of carbonyl (C=O) groups excluding carboxylic acids is 2. The van der Waals surface area contributed by atoms with Crippen molar-refractivity contribution in [1.82, 2.24) is 10.3 Å². The molecule has 6 heteroatoms. The van der Waals surface area contributed by atoms with E-state index in [0.717, 1.165) is 0 Å². The molecule has 1 aromatic rings. The predicted molar refractivity (Wildman–Crippen MR) is 95.6 cm³/mol. The molecule has 6 nitrogen and oxygen atoms in total. The van der Waals surface area contributed by atoms with Crippen molar-refractivity contribution in [3.8, 4) is 0 Å². The molecule has 25 heavy (non-hydrogen) atoms. The molecule has 0 saturated heterocycles. The van der Waals surface area contributed by atoms with E-state index in [9.17, 15) is 9.59 Å². The van der Waals surface area contributed by atoms with Crippen molar-refractivity contribution in [3.63, 3.8) is 0 Å². The molecule has 0 fully saturated rings. The number of hydrogen-bond acceptors (Lipinski definition) is 6. The van der Waals surface area contributed by atoms with E-state index in [2.05, 4.69) is 10.3 Å². The Morgan fingerprint density at radius 1 is 1.28 bits per heavy atom. The summed E-state index contributed by atoms with van der Waals surface area (Å²) in [6.45, 7) is 9.45. The summed E-state index contributed by atoms with van der Waals surface area (Å²) in [5.41, 5.74) is 0.825. The van der Waals surface area contributed by atoms with Crippen LogP contribution in [-0.2, 0) is 19.1 Å². The number of nitrogens with zero attached hydrogens (tertiary/aromatic N) is 1. The molecule has 138 valence electrons. The first kappa shape index (κ1) is 20.7. The molecule has 1 aromatic heterocycles. The fourth-order valence-corrected chi connectivity index (χ4v) is 2.14. The molecular formula is C19H28N2O4. The lowest BCUT2D eigenvalue weighted by Crippen LogP contribution is -2.27. The minimum absolute atomic E-state index is 0.122. The van der Waals surface area contributed by atoms with Crippen LogP contribution in [0.1, 0.15) is 59.2 Å². The van der Waals surface area contributed by atoms with Gasteiger partial charge in [0.25, 0.3) is 0 Å². The first-order valence-electron chi connectivity index (χ1n) is 8.51. The molecule has 1 N–H and O–H groups in total. The Balaban J connectivity index is 2.93. The highest BCUT2D eigenvalue weighted by molar-refractivity contribution is 5.83. The van der Waals surface area contributed by atoms with E-state index in [1.807, 2.05) is 45.9 Å². The molecule has 1 rings (SSSR count). The summed E-state index contributed by atoms with van der Waals surface area (Å²) in [6.07, 6.45) is 3.80. The van der Waals surface area contributed by atoms with Crippen molar-refractivity contribution in [2.75, 3.05) is 6.61 Å². The van der Waals surface area contributed by atoms with E-state index in [1.54, 1.807) is 13.1 Å². The predicted octanol–water partition coefficient (Wildman–Crippen LogP) is 3.30. The van der Waals surface area contributed by atoms with Gasteiger partial charge in [0.15, 0.2) is 0 Å². The summed E-state index contributed by atoms with van der Waals surface area (Å²) < 4.78 is 10.4. The maximum atomic E-state index is 12.0. The van der Waals surface area contributed by atoms with Gasteiger partial charge in [0, 0.05) is 18.0 Å². The highest BCUT2D eigenvalue weighted by Gasteiger charge is 2.20. The smallest absolute Gasteiger partial charge is 0.333 e. The number of aromatic nitrogens is 1. The summed E-state index contributed by atoms with van der Waals surface area (Å²) >= 11 is 0. The molecule has 1 atom stereocenters. The number of ether oxygens (including phenoxy) is 2. The van der Waals surface area contributed by atoms with Gasteiger partial charge in [-0.25, -0.2) is 4.79 Å². The minimum Gasteiger partial charge on any atom is -0.466 e. The highest BCUT2D eigenvalue weighted by atomic mass is 16.6. The zero-order chi connectivity index (χ0) is 18.9. The molecule has 0 amide bonds. The third-order valence-corrected chi connectivity index (χ3v) is 3.16. The number of carbonyl (C=O) groups is 2. The van der Waals surface area contributed by atoms with Crippen LogP contribution in [0, 0.1) is 0 Å². The van der Waals surface area contributed by atoms with Crippen LogP contribution in [0.25, 0.3) is 0 Å².